The first-order chi connectivity index (χ1) is 12.0. The van der Waals surface area contributed by atoms with Gasteiger partial charge in [-0.2, -0.15) is 0 Å². The predicted molar refractivity (Wildman–Crippen MR) is 110 cm³/mol. The molecule has 25 heavy (non-hydrogen) atoms. The summed E-state index contributed by atoms with van der Waals surface area (Å²) in [4.78, 5) is 0. The van der Waals surface area contributed by atoms with Crippen molar-refractivity contribution in [3.05, 3.63) is 65.4 Å². The molecule has 5 heteroatoms. The molecule has 2 aromatic carbocycles. The fourth-order valence-corrected chi connectivity index (χ4v) is 2.42. The number of thiocarbonyl (C=S) groups is 1. The minimum atomic E-state index is 0.514. The smallest absolute Gasteiger partial charge is 0.189 e. The molecule has 0 fully saturated rings. The molecule has 0 amide bonds. The molecule has 0 aromatic heterocycles. The second-order valence-electron chi connectivity index (χ2n) is 6.08. The summed E-state index contributed by atoms with van der Waals surface area (Å²) < 4.78 is 5.16. The first-order valence-electron chi connectivity index (χ1n) is 8.23. The van der Waals surface area contributed by atoms with Crippen molar-refractivity contribution in [1.29, 1.82) is 0 Å². The minimum absolute atomic E-state index is 0.514. The molecule has 2 aromatic rings. The Morgan fingerprint density at radius 2 is 1.64 bits per heavy atom. The Hall–Kier alpha value is -2.53. The lowest BCUT2D eigenvalue weighted by molar-refractivity contribution is 0.415. The quantitative estimate of drug-likeness (QED) is 0.519. The number of rotatable bonds is 6. The van der Waals surface area contributed by atoms with Crippen LogP contribution < -0.4 is 20.9 Å². The summed E-state index contributed by atoms with van der Waals surface area (Å²) in [6.07, 6.45) is 2.02. The van der Waals surface area contributed by atoms with Crippen molar-refractivity contribution in [2.75, 3.05) is 12.4 Å². The van der Waals surface area contributed by atoms with Crippen LogP contribution in [-0.2, 0) is 0 Å². The van der Waals surface area contributed by atoms with Gasteiger partial charge in [-0.05, 0) is 66.5 Å². The maximum atomic E-state index is 5.31. The van der Waals surface area contributed by atoms with E-state index in [0.29, 0.717) is 11.0 Å². The van der Waals surface area contributed by atoms with Gasteiger partial charge in [0.1, 0.15) is 5.75 Å². The van der Waals surface area contributed by atoms with Gasteiger partial charge in [-0.1, -0.05) is 38.1 Å². The molecule has 0 bridgehead atoms. The van der Waals surface area contributed by atoms with Crippen molar-refractivity contribution in [3.8, 4) is 5.75 Å². The Kier molecular flexibility index (Phi) is 6.83. The maximum Gasteiger partial charge on any atom is 0.189 e. The molecule has 0 heterocycles. The van der Waals surface area contributed by atoms with E-state index < -0.39 is 0 Å². The summed E-state index contributed by atoms with van der Waals surface area (Å²) in [7, 11) is 1.66. The molecule has 0 unspecified atom stereocenters. The van der Waals surface area contributed by atoms with Gasteiger partial charge in [-0.25, -0.2) is 0 Å². The van der Waals surface area contributed by atoms with E-state index in [9.17, 15) is 0 Å². The van der Waals surface area contributed by atoms with Crippen LogP contribution in [0.15, 0.2) is 54.2 Å². The minimum Gasteiger partial charge on any atom is -0.497 e. The average molecular weight is 356 g/mol. The molecule has 3 N–H and O–H groups in total. The lowest BCUT2D eigenvalue weighted by Gasteiger charge is -2.13. The molecule has 4 nitrogen and oxygen atoms in total. The normalized spacial score (nSPS) is 11.2. The standard InChI is InChI=1S/C20H25N3OS/c1-14(2)17-7-9-18(10-8-17)21-20(25)23-22-15(3)13-16-5-11-19(24-4)12-6-16/h5-14,22H,1-4H3,(H2,21,23,25)/b15-13+. The van der Waals surface area contributed by atoms with E-state index in [1.807, 2.05) is 49.4 Å². The largest absolute Gasteiger partial charge is 0.497 e. The molecule has 0 spiro atoms. The van der Waals surface area contributed by atoms with Crippen LogP contribution in [-0.4, -0.2) is 12.2 Å². The van der Waals surface area contributed by atoms with E-state index in [-0.39, 0.29) is 0 Å². The highest BCUT2D eigenvalue weighted by Crippen LogP contribution is 2.17. The molecule has 0 aliphatic heterocycles. The van der Waals surface area contributed by atoms with Crippen molar-refractivity contribution < 1.29 is 4.74 Å². The highest BCUT2D eigenvalue weighted by molar-refractivity contribution is 7.80. The van der Waals surface area contributed by atoms with E-state index in [1.165, 1.54) is 5.56 Å². The molecular weight excluding hydrogens is 330 g/mol. The number of methoxy groups -OCH3 is 1. The molecule has 2 rings (SSSR count). The number of allylic oxidation sites excluding steroid dienone is 1. The highest BCUT2D eigenvalue weighted by Gasteiger charge is 2.01. The van der Waals surface area contributed by atoms with Gasteiger partial charge in [0.2, 0.25) is 0 Å². The van der Waals surface area contributed by atoms with Crippen molar-refractivity contribution in [1.82, 2.24) is 10.9 Å². The number of hydrazine groups is 1. The molecule has 0 radical (unpaired) electrons. The van der Waals surface area contributed by atoms with Gasteiger partial charge in [0.25, 0.3) is 0 Å². The van der Waals surface area contributed by atoms with E-state index in [1.54, 1.807) is 7.11 Å². The van der Waals surface area contributed by atoms with Crippen molar-refractivity contribution in [3.63, 3.8) is 0 Å². The van der Waals surface area contributed by atoms with Crippen LogP contribution in [0.25, 0.3) is 6.08 Å². The monoisotopic (exact) mass is 355 g/mol. The lowest BCUT2D eigenvalue weighted by atomic mass is 10.0. The van der Waals surface area contributed by atoms with E-state index in [4.69, 9.17) is 17.0 Å². The Labute approximate surface area is 155 Å². The predicted octanol–water partition coefficient (Wildman–Crippen LogP) is 4.67. The number of hydrogen-bond donors (Lipinski definition) is 3. The summed E-state index contributed by atoms with van der Waals surface area (Å²) in [5.41, 5.74) is 10.4. The SMILES string of the molecule is COc1ccc(/C=C(\C)NNC(=S)Nc2ccc(C(C)C)cc2)cc1. The molecule has 132 valence electrons. The van der Waals surface area contributed by atoms with Gasteiger partial charge >= 0.3 is 0 Å². The highest BCUT2D eigenvalue weighted by atomic mass is 32.1. The van der Waals surface area contributed by atoms with Crippen LogP contribution in [0.4, 0.5) is 5.69 Å². The third-order valence-electron chi connectivity index (χ3n) is 3.71. The number of nitrogens with one attached hydrogen (secondary N) is 3. The van der Waals surface area contributed by atoms with Gasteiger partial charge in [-0.3, -0.25) is 5.43 Å². The lowest BCUT2D eigenvalue weighted by Crippen LogP contribution is -2.38. The summed E-state index contributed by atoms with van der Waals surface area (Å²) in [6, 6.07) is 16.1. The summed E-state index contributed by atoms with van der Waals surface area (Å²) in [6.45, 7) is 6.32. The van der Waals surface area contributed by atoms with Gasteiger partial charge in [0.05, 0.1) is 7.11 Å². The second-order valence-corrected chi connectivity index (χ2v) is 6.49. The Balaban J connectivity index is 1.84. The van der Waals surface area contributed by atoms with Crippen LogP contribution in [0.3, 0.4) is 0 Å². The first kappa shape index (κ1) is 18.8. The molecule has 0 aliphatic carbocycles. The average Bonchev–Trinajstić information content (AvgIpc) is 2.61. The van der Waals surface area contributed by atoms with E-state index >= 15 is 0 Å². The van der Waals surface area contributed by atoms with E-state index in [0.717, 1.165) is 22.7 Å². The van der Waals surface area contributed by atoms with Crippen LogP contribution >= 0.6 is 12.2 Å². The fraction of sp³-hybridized carbons (Fsp3) is 0.250. The van der Waals surface area contributed by atoms with Gasteiger partial charge in [0, 0.05) is 11.4 Å². The van der Waals surface area contributed by atoms with Crippen LogP contribution in [0.2, 0.25) is 0 Å². The first-order valence-corrected chi connectivity index (χ1v) is 8.64. The Morgan fingerprint density at radius 3 is 2.20 bits per heavy atom. The van der Waals surface area contributed by atoms with Crippen LogP contribution in [0.1, 0.15) is 37.8 Å². The van der Waals surface area contributed by atoms with Gasteiger partial charge in [0.15, 0.2) is 5.11 Å². The fourth-order valence-electron chi connectivity index (χ4n) is 2.26. The molecule has 0 atom stereocenters. The van der Waals surface area contributed by atoms with Crippen molar-refractivity contribution in [2.24, 2.45) is 0 Å². The van der Waals surface area contributed by atoms with Gasteiger partial charge in [-0.15, -0.1) is 0 Å². The summed E-state index contributed by atoms with van der Waals surface area (Å²) in [5.74, 6) is 1.36. The summed E-state index contributed by atoms with van der Waals surface area (Å²) in [5, 5.41) is 3.67. The molecule has 0 aliphatic rings. The van der Waals surface area contributed by atoms with Gasteiger partial charge < -0.3 is 15.5 Å². The zero-order valence-electron chi connectivity index (χ0n) is 15.1. The molecule has 0 saturated heterocycles. The van der Waals surface area contributed by atoms with E-state index in [2.05, 4.69) is 42.1 Å². The molecular formula is C20H25N3OS. The summed E-state index contributed by atoms with van der Waals surface area (Å²) >= 11 is 5.31. The number of hydrogen-bond acceptors (Lipinski definition) is 3. The third kappa shape index (κ3) is 6.12. The maximum absolute atomic E-state index is 5.31. The second kappa shape index (κ2) is 9.08. The Morgan fingerprint density at radius 1 is 1.00 bits per heavy atom. The Bertz CT molecular complexity index is 722. The van der Waals surface area contributed by atoms with Crippen LogP contribution in [0.5, 0.6) is 5.75 Å². The number of anilines is 1. The van der Waals surface area contributed by atoms with Crippen molar-refractivity contribution in [2.45, 2.75) is 26.7 Å². The zero-order chi connectivity index (χ0) is 18.2. The molecule has 0 saturated carbocycles. The van der Waals surface area contributed by atoms with Crippen molar-refractivity contribution >= 4 is 29.1 Å². The zero-order valence-corrected chi connectivity index (χ0v) is 15.9. The number of benzene rings is 2. The van der Waals surface area contributed by atoms with Crippen LogP contribution in [0, 0.1) is 0 Å². The topological polar surface area (TPSA) is 45.3 Å². The number of ether oxygens (including phenoxy) is 1. The third-order valence-corrected chi connectivity index (χ3v) is 3.91.